The van der Waals surface area contributed by atoms with Gasteiger partial charge in [-0.1, -0.05) is 35.9 Å². The van der Waals surface area contributed by atoms with Crippen LogP contribution in [0.4, 0.5) is 5.69 Å². The number of para-hydroxylation sites is 1. The second kappa shape index (κ2) is 5.76. The van der Waals surface area contributed by atoms with Crippen molar-refractivity contribution in [1.29, 1.82) is 0 Å². The van der Waals surface area contributed by atoms with Gasteiger partial charge in [0.25, 0.3) is 0 Å². The van der Waals surface area contributed by atoms with Crippen molar-refractivity contribution in [1.82, 2.24) is 0 Å². The number of aliphatic hydroxyl groups excluding tert-OH is 1. The van der Waals surface area contributed by atoms with Gasteiger partial charge in [0, 0.05) is 21.8 Å². The van der Waals surface area contributed by atoms with Crippen molar-refractivity contribution in [3.63, 3.8) is 0 Å². The van der Waals surface area contributed by atoms with Crippen LogP contribution in [0.5, 0.6) is 5.75 Å². The zero-order chi connectivity index (χ0) is 13.0. The van der Waals surface area contributed by atoms with Gasteiger partial charge in [0.1, 0.15) is 12.4 Å². The van der Waals surface area contributed by atoms with Crippen molar-refractivity contribution >= 4 is 17.3 Å². The Kier molecular flexibility index (Phi) is 4.07. The molecule has 2 aromatic rings. The summed E-state index contributed by atoms with van der Waals surface area (Å²) in [6, 6.07) is 12.7. The molecule has 0 fully saturated rings. The van der Waals surface area contributed by atoms with Crippen molar-refractivity contribution in [3.05, 3.63) is 58.6 Å². The Morgan fingerprint density at radius 3 is 2.61 bits per heavy atom. The topological polar surface area (TPSA) is 55.5 Å². The van der Waals surface area contributed by atoms with Crippen molar-refractivity contribution in [3.8, 4) is 5.75 Å². The first-order chi connectivity index (χ1) is 8.70. The highest BCUT2D eigenvalue weighted by atomic mass is 35.5. The van der Waals surface area contributed by atoms with Gasteiger partial charge in [-0.3, -0.25) is 0 Å². The lowest BCUT2D eigenvalue weighted by molar-refractivity contribution is 0.259. The molecule has 2 rings (SSSR count). The Morgan fingerprint density at radius 2 is 1.89 bits per heavy atom. The minimum absolute atomic E-state index is 0.0493. The number of nitrogens with two attached hydrogens (primary N) is 1. The standard InChI is InChI=1S/C14H14ClNO2/c15-12-6-5-11(13(16)7-12)9-18-14-4-2-1-3-10(14)8-17/h1-7,17H,8-9,16H2. The number of anilines is 1. The SMILES string of the molecule is Nc1cc(Cl)ccc1COc1ccccc1CO. The lowest BCUT2D eigenvalue weighted by Gasteiger charge is -2.11. The minimum Gasteiger partial charge on any atom is -0.488 e. The van der Waals surface area contributed by atoms with Crippen LogP contribution in [-0.2, 0) is 13.2 Å². The monoisotopic (exact) mass is 263 g/mol. The first-order valence-corrected chi connectivity index (χ1v) is 5.94. The summed E-state index contributed by atoms with van der Waals surface area (Å²) in [5, 5.41) is 9.79. The highest BCUT2D eigenvalue weighted by molar-refractivity contribution is 6.30. The second-order valence-corrected chi connectivity index (χ2v) is 4.33. The Balaban J connectivity index is 2.11. The molecule has 94 valence electrons. The number of halogens is 1. The predicted octanol–water partition coefficient (Wildman–Crippen LogP) is 2.99. The molecule has 0 aliphatic heterocycles. The van der Waals surface area contributed by atoms with Gasteiger partial charge in [-0.2, -0.15) is 0 Å². The van der Waals surface area contributed by atoms with E-state index in [2.05, 4.69) is 0 Å². The van der Waals surface area contributed by atoms with Crippen LogP contribution in [0.25, 0.3) is 0 Å². The van der Waals surface area contributed by atoms with Crippen LogP contribution in [0.15, 0.2) is 42.5 Å². The summed E-state index contributed by atoms with van der Waals surface area (Å²) in [5.74, 6) is 0.661. The average molecular weight is 264 g/mol. The van der Waals surface area contributed by atoms with Gasteiger partial charge < -0.3 is 15.6 Å². The summed E-state index contributed by atoms with van der Waals surface area (Å²) in [5.41, 5.74) is 8.07. The molecule has 2 aromatic carbocycles. The molecular weight excluding hydrogens is 250 g/mol. The van der Waals surface area contributed by atoms with E-state index >= 15 is 0 Å². The molecular formula is C14H14ClNO2. The van der Waals surface area contributed by atoms with Crippen LogP contribution in [0.2, 0.25) is 5.02 Å². The van der Waals surface area contributed by atoms with Crippen LogP contribution in [-0.4, -0.2) is 5.11 Å². The largest absolute Gasteiger partial charge is 0.488 e. The van der Waals surface area contributed by atoms with E-state index in [9.17, 15) is 5.11 Å². The summed E-state index contributed by atoms with van der Waals surface area (Å²) in [4.78, 5) is 0. The molecule has 0 unspecified atom stereocenters. The maximum absolute atomic E-state index is 9.18. The molecule has 0 atom stereocenters. The van der Waals surface area contributed by atoms with Crippen molar-refractivity contribution in [2.24, 2.45) is 0 Å². The van der Waals surface area contributed by atoms with Crippen LogP contribution in [0.1, 0.15) is 11.1 Å². The van der Waals surface area contributed by atoms with Gasteiger partial charge in [0.05, 0.1) is 6.61 Å². The van der Waals surface area contributed by atoms with Crippen LogP contribution < -0.4 is 10.5 Å². The van der Waals surface area contributed by atoms with Gasteiger partial charge >= 0.3 is 0 Å². The molecule has 18 heavy (non-hydrogen) atoms. The number of hydrogen-bond donors (Lipinski definition) is 2. The molecule has 0 aliphatic carbocycles. The maximum atomic E-state index is 9.18. The first-order valence-electron chi connectivity index (χ1n) is 5.56. The minimum atomic E-state index is -0.0493. The Labute approximate surface area is 111 Å². The normalized spacial score (nSPS) is 10.3. The van der Waals surface area contributed by atoms with Gasteiger partial charge in [0.2, 0.25) is 0 Å². The summed E-state index contributed by atoms with van der Waals surface area (Å²) in [7, 11) is 0. The van der Waals surface area contributed by atoms with Crippen molar-refractivity contribution in [2.45, 2.75) is 13.2 Å². The molecule has 0 heterocycles. The third-order valence-electron chi connectivity index (χ3n) is 2.63. The second-order valence-electron chi connectivity index (χ2n) is 3.90. The van der Waals surface area contributed by atoms with E-state index in [1.165, 1.54) is 0 Å². The fourth-order valence-electron chi connectivity index (χ4n) is 1.63. The summed E-state index contributed by atoms with van der Waals surface area (Å²) >= 11 is 5.83. The first kappa shape index (κ1) is 12.7. The molecule has 0 bridgehead atoms. The quantitative estimate of drug-likeness (QED) is 0.834. The number of benzene rings is 2. The molecule has 0 saturated heterocycles. The zero-order valence-electron chi connectivity index (χ0n) is 9.77. The average Bonchev–Trinajstić information content (AvgIpc) is 2.38. The molecule has 3 nitrogen and oxygen atoms in total. The number of hydrogen-bond acceptors (Lipinski definition) is 3. The molecule has 0 amide bonds. The lowest BCUT2D eigenvalue weighted by Crippen LogP contribution is -2.01. The van der Waals surface area contributed by atoms with Gasteiger partial charge in [0.15, 0.2) is 0 Å². The van der Waals surface area contributed by atoms with Gasteiger partial charge in [-0.05, 0) is 18.2 Å². The molecule has 0 aromatic heterocycles. The summed E-state index contributed by atoms with van der Waals surface area (Å²) in [6.45, 7) is 0.298. The highest BCUT2D eigenvalue weighted by Crippen LogP contribution is 2.22. The predicted molar refractivity (Wildman–Crippen MR) is 72.6 cm³/mol. The van der Waals surface area contributed by atoms with Crippen LogP contribution in [0.3, 0.4) is 0 Å². The number of rotatable bonds is 4. The van der Waals surface area contributed by atoms with E-state index in [0.717, 1.165) is 11.1 Å². The molecule has 4 heteroatoms. The lowest BCUT2D eigenvalue weighted by atomic mass is 10.2. The number of ether oxygens (including phenoxy) is 1. The fraction of sp³-hybridized carbons (Fsp3) is 0.143. The maximum Gasteiger partial charge on any atom is 0.125 e. The third-order valence-corrected chi connectivity index (χ3v) is 2.87. The van der Waals surface area contributed by atoms with Crippen LogP contribution in [0, 0.1) is 0 Å². The van der Waals surface area contributed by atoms with Crippen LogP contribution >= 0.6 is 11.6 Å². The Hall–Kier alpha value is -1.71. The van der Waals surface area contributed by atoms with E-state index in [0.29, 0.717) is 23.1 Å². The molecule has 0 spiro atoms. The van der Waals surface area contributed by atoms with E-state index < -0.39 is 0 Å². The highest BCUT2D eigenvalue weighted by Gasteiger charge is 2.04. The molecule has 0 radical (unpaired) electrons. The number of nitrogen functional groups attached to an aromatic ring is 1. The Morgan fingerprint density at radius 1 is 1.11 bits per heavy atom. The molecule has 3 N–H and O–H groups in total. The summed E-state index contributed by atoms with van der Waals surface area (Å²) < 4.78 is 5.65. The summed E-state index contributed by atoms with van der Waals surface area (Å²) in [6.07, 6.45) is 0. The zero-order valence-corrected chi connectivity index (χ0v) is 10.5. The van der Waals surface area contributed by atoms with Crippen molar-refractivity contribution in [2.75, 3.05) is 5.73 Å². The van der Waals surface area contributed by atoms with E-state index in [4.69, 9.17) is 22.1 Å². The fourth-order valence-corrected chi connectivity index (χ4v) is 1.81. The smallest absolute Gasteiger partial charge is 0.125 e. The number of aliphatic hydroxyl groups is 1. The van der Waals surface area contributed by atoms with E-state index in [1.54, 1.807) is 12.1 Å². The third kappa shape index (κ3) is 2.94. The molecule has 0 aliphatic rings. The Bertz CT molecular complexity index is 543. The van der Waals surface area contributed by atoms with E-state index in [-0.39, 0.29) is 6.61 Å². The van der Waals surface area contributed by atoms with Gasteiger partial charge in [-0.15, -0.1) is 0 Å². The van der Waals surface area contributed by atoms with Crippen molar-refractivity contribution < 1.29 is 9.84 Å². The van der Waals surface area contributed by atoms with E-state index in [1.807, 2.05) is 30.3 Å². The molecule has 0 saturated carbocycles. The van der Waals surface area contributed by atoms with Gasteiger partial charge in [-0.25, -0.2) is 0 Å².